The van der Waals surface area contributed by atoms with Crippen LogP contribution in [0.4, 0.5) is 0 Å². The van der Waals surface area contributed by atoms with Crippen molar-refractivity contribution in [3.05, 3.63) is 18.0 Å². The van der Waals surface area contributed by atoms with Crippen molar-refractivity contribution in [2.24, 2.45) is 30.5 Å². The first-order valence-corrected chi connectivity index (χ1v) is 6.81. The molecule has 1 aromatic heterocycles. The van der Waals surface area contributed by atoms with E-state index in [-0.39, 0.29) is 0 Å². The minimum atomic E-state index is 0.572. The average Bonchev–Trinajstić information content (AvgIpc) is 2.74. The number of aryl methyl sites for hydroxylation is 1. The Bertz CT molecular complexity index is 356. The number of aromatic nitrogens is 2. The molecule has 3 atom stereocenters. The summed E-state index contributed by atoms with van der Waals surface area (Å²) in [5, 5.41) is 4.59. The van der Waals surface area contributed by atoms with Gasteiger partial charge in [-0.3, -0.25) is 4.68 Å². The fraction of sp³-hybridized carbons (Fsp3) is 0.786. The predicted octanol–water partition coefficient (Wildman–Crippen LogP) is 2.53. The van der Waals surface area contributed by atoms with Gasteiger partial charge < -0.3 is 5.73 Å². The Hall–Kier alpha value is -0.830. The van der Waals surface area contributed by atoms with Crippen LogP contribution in [-0.2, 0) is 7.05 Å². The Morgan fingerprint density at radius 1 is 1.47 bits per heavy atom. The van der Waals surface area contributed by atoms with Gasteiger partial charge in [0.15, 0.2) is 0 Å². The summed E-state index contributed by atoms with van der Waals surface area (Å²) in [5.74, 6) is 2.81. The fourth-order valence-electron chi connectivity index (χ4n) is 3.15. The second-order valence-electron chi connectivity index (χ2n) is 5.83. The third kappa shape index (κ3) is 2.71. The molecule has 1 aromatic rings. The van der Waals surface area contributed by atoms with Gasteiger partial charge in [0.05, 0.1) is 5.69 Å². The van der Waals surface area contributed by atoms with Crippen LogP contribution in [0, 0.1) is 17.8 Å². The molecule has 1 fully saturated rings. The maximum Gasteiger partial charge on any atom is 0.0658 e. The number of nitrogens with two attached hydrogens (primary N) is 1. The summed E-state index contributed by atoms with van der Waals surface area (Å²) in [6, 6.07) is 2.16. The molecule has 3 nitrogen and oxygen atoms in total. The van der Waals surface area contributed by atoms with Gasteiger partial charge in [-0.1, -0.05) is 13.8 Å². The lowest BCUT2D eigenvalue weighted by atomic mass is 9.69. The molecule has 96 valence electrons. The monoisotopic (exact) mass is 235 g/mol. The van der Waals surface area contributed by atoms with Crippen LogP contribution in [0.25, 0.3) is 0 Å². The van der Waals surface area contributed by atoms with E-state index in [1.165, 1.54) is 25.0 Å². The molecule has 2 rings (SSSR count). The lowest BCUT2D eigenvalue weighted by molar-refractivity contribution is 0.194. The quantitative estimate of drug-likeness (QED) is 0.875. The summed E-state index contributed by atoms with van der Waals surface area (Å²) >= 11 is 0. The van der Waals surface area contributed by atoms with Gasteiger partial charge in [0, 0.05) is 19.2 Å². The third-order valence-electron chi connectivity index (χ3n) is 4.39. The largest absolute Gasteiger partial charge is 0.330 e. The van der Waals surface area contributed by atoms with E-state index in [2.05, 4.69) is 25.0 Å². The van der Waals surface area contributed by atoms with Gasteiger partial charge in [0.1, 0.15) is 0 Å². The van der Waals surface area contributed by atoms with Gasteiger partial charge in [0.2, 0.25) is 0 Å². The molecule has 0 aliphatic heterocycles. The SMILES string of the molecule is CC(C)C1CCC(CN)C(c2ccn(C)n2)C1. The van der Waals surface area contributed by atoms with E-state index in [9.17, 15) is 0 Å². The van der Waals surface area contributed by atoms with E-state index in [0.717, 1.165) is 18.4 Å². The van der Waals surface area contributed by atoms with Crippen molar-refractivity contribution in [1.29, 1.82) is 0 Å². The van der Waals surface area contributed by atoms with Crippen LogP contribution < -0.4 is 5.73 Å². The molecule has 3 unspecified atom stereocenters. The Balaban J connectivity index is 2.15. The van der Waals surface area contributed by atoms with Gasteiger partial charge in [0.25, 0.3) is 0 Å². The summed E-state index contributed by atoms with van der Waals surface area (Å²) in [4.78, 5) is 0. The van der Waals surface area contributed by atoms with Crippen molar-refractivity contribution in [2.45, 2.75) is 39.0 Å². The minimum Gasteiger partial charge on any atom is -0.330 e. The lowest BCUT2D eigenvalue weighted by Crippen LogP contribution is -2.31. The van der Waals surface area contributed by atoms with E-state index in [4.69, 9.17) is 5.73 Å². The van der Waals surface area contributed by atoms with Crippen molar-refractivity contribution in [3.8, 4) is 0 Å². The number of rotatable bonds is 3. The molecule has 0 aromatic carbocycles. The van der Waals surface area contributed by atoms with Crippen LogP contribution in [0.5, 0.6) is 0 Å². The van der Waals surface area contributed by atoms with Crippen LogP contribution in [0.15, 0.2) is 12.3 Å². The number of nitrogens with zero attached hydrogens (tertiary/aromatic N) is 2. The standard InChI is InChI=1S/C14H25N3/c1-10(2)11-4-5-12(9-15)13(8-11)14-6-7-17(3)16-14/h6-7,10-13H,4-5,8-9,15H2,1-3H3. The molecule has 17 heavy (non-hydrogen) atoms. The summed E-state index contributed by atoms with van der Waals surface area (Å²) < 4.78 is 1.90. The maximum atomic E-state index is 5.92. The molecular formula is C14H25N3. The van der Waals surface area contributed by atoms with Gasteiger partial charge in [-0.05, 0) is 49.6 Å². The topological polar surface area (TPSA) is 43.8 Å². The Kier molecular flexibility index (Phi) is 3.87. The van der Waals surface area contributed by atoms with Crippen LogP contribution in [0.3, 0.4) is 0 Å². The van der Waals surface area contributed by atoms with Crippen LogP contribution in [0.2, 0.25) is 0 Å². The third-order valence-corrected chi connectivity index (χ3v) is 4.39. The first kappa shape index (κ1) is 12.6. The Morgan fingerprint density at radius 3 is 2.76 bits per heavy atom. The van der Waals surface area contributed by atoms with Crippen molar-refractivity contribution < 1.29 is 0 Å². The normalized spacial score (nSPS) is 29.8. The van der Waals surface area contributed by atoms with Crippen LogP contribution in [-0.4, -0.2) is 16.3 Å². The minimum absolute atomic E-state index is 0.572. The van der Waals surface area contributed by atoms with Gasteiger partial charge >= 0.3 is 0 Å². The van der Waals surface area contributed by atoms with Gasteiger partial charge in [-0.25, -0.2) is 0 Å². The van der Waals surface area contributed by atoms with Crippen molar-refractivity contribution in [2.75, 3.05) is 6.54 Å². The van der Waals surface area contributed by atoms with Gasteiger partial charge in [-0.15, -0.1) is 0 Å². The highest BCUT2D eigenvalue weighted by Crippen LogP contribution is 2.42. The molecule has 2 N–H and O–H groups in total. The molecule has 1 heterocycles. The summed E-state index contributed by atoms with van der Waals surface area (Å²) in [6.45, 7) is 5.47. The Morgan fingerprint density at radius 2 is 2.24 bits per heavy atom. The molecule has 1 aliphatic carbocycles. The smallest absolute Gasteiger partial charge is 0.0658 e. The maximum absolute atomic E-state index is 5.92. The molecule has 0 amide bonds. The zero-order chi connectivity index (χ0) is 12.4. The van der Waals surface area contributed by atoms with E-state index in [0.29, 0.717) is 11.8 Å². The van der Waals surface area contributed by atoms with Crippen LogP contribution in [0.1, 0.15) is 44.7 Å². The molecular weight excluding hydrogens is 210 g/mol. The Labute approximate surface area is 104 Å². The number of hydrogen-bond acceptors (Lipinski definition) is 2. The first-order chi connectivity index (χ1) is 8.11. The van der Waals surface area contributed by atoms with Crippen molar-refractivity contribution >= 4 is 0 Å². The van der Waals surface area contributed by atoms with Gasteiger partial charge in [-0.2, -0.15) is 5.10 Å². The molecule has 0 bridgehead atoms. The fourth-order valence-corrected chi connectivity index (χ4v) is 3.15. The van der Waals surface area contributed by atoms with Crippen LogP contribution >= 0.6 is 0 Å². The highest BCUT2D eigenvalue weighted by Gasteiger charge is 2.33. The lowest BCUT2D eigenvalue weighted by Gasteiger charge is -2.36. The second kappa shape index (κ2) is 5.21. The highest BCUT2D eigenvalue weighted by atomic mass is 15.2. The molecule has 0 saturated heterocycles. The summed E-state index contributed by atoms with van der Waals surface area (Å²) in [5.41, 5.74) is 7.17. The summed E-state index contributed by atoms with van der Waals surface area (Å²) in [7, 11) is 1.99. The molecule has 0 spiro atoms. The average molecular weight is 235 g/mol. The zero-order valence-corrected chi connectivity index (χ0v) is 11.3. The zero-order valence-electron chi connectivity index (χ0n) is 11.3. The van der Waals surface area contributed by atoms with E-state index in [1.54, 1.807) is 0 Å². The molecule has 1 saturated carbocycles. The highest BCUT2D eigenvalue weighted by molar-refractivity contribution is 5.10. The second-order valence-corrected chi connectivity index (χ2v) is 5.83. The van der Waals surface area contributed by atoms with E-state index < -0.39 is 0 Å². The number of hydrogen-bond donors (Lipinski definition) is 1. The first-order valence-electron chi connectivity index (χ1n) is 6.81. The van der Waals surface area contributed by atoms with E-state index in [1.807, 2.05) is 17.9 Å². The molecule has 0 radical (unpaired) electrons. The molecule has 3 heteroatoms. The van der Waals surface area contributed by atoms with E-state index >= 15 is 0 Å². The van der Waals surface area contributed by atoms with Crippen molar-refractivity contribution in [3.63, 3.8) is 0 Å². The summed E-state index contributed by atoms with van der Waals surface area (Å²) in [6.07, 6.45) is 5.90. The predicted molar refractivity (Wildman–Crippen MR) is 70.7 cm³/mol. The molecule has 1 aliphatic rings. The van der Waals surface area contributed by atoms with Crippen molar-refractivity contribution in [1.82, 2.24) is 9.78 Å².